The Morgan fingerprint density at radius 3 is 2.80 bits per heavy atom. The van der Waals surface area contributed by atoms with Crippen LogP contribution in [0.25, 0.3) is 0 Å². The average Bonchev–Trinajstić information content (AvgIpc) is 2.46. The number of aromatic nitrogens is 1. The summed E-state index contributed by atoms with van der Waals surface area (Å²) in [7, 11) is -0.937. The van der Waals surface area contributed by atoms with Crippen LogP contribution in [0.3, 0.4) is 0 Å². The summed E-state index contributed by atoms with van der Waals surface area (Å²) in [5, 5.41) is 8.94. The van der Waals surface area contributed by atoms with E-state index in [1.807, 2.05) is 6.92 Å². The molecule has 0 saturated carbocycles. The quantitative estimate of drug-likeness (QED) is 0.922. The van der Waals surface area contributed by atoms with Gasteiger partial charge in [-0.2, -0.15) is 0 Å². The van der Waals surface area contributed by atoms with E-state index in [0.717, 1.165) is 0 Å². The fourth-order valence-corrected chi connectivity index (χ4v) is 2.68. The number of rotatable bonds is 4. The maximum Gasteiger partial charge on any atom is 0.352 e. The molecular formula is C9H12BrNO3S. The van der Waals surface area contributed by atoms with Crippen molar-refractivity contribution in [3.63, 3.8) is 0 Å². The molecule has 0 aromatic carbocycles. The number of carbonyl (C=O) groups is 1. The minimum absolute atomic E-state index is 0.0896. The van der Waals surface area contributed by atoms with Crippen molar-refractivity contribution in [2.45, 2.75) is 13.0 Å². The molecule has 1 rings (SSSR count). The monoisotopic (exact) mass is 293 g/mol. The van der Waals surface area contributed by atoms with Crippen LogP contribution in [-0.4, -0.2) is 31.9 Å². The molecule has 0 amide bonds. The van der Waals surface area contributed by atoms with Crippen molar-refractivity contribution in [3.05, 3.63) is 22.4 Å². The van der Waals surface area contributed by atoms with Crippen molar-refractivity contribution in [1.82, 2.24) is 4.57 Å². The molecule has 2 unspecified atom stereocenters. The van der Waals surface area contributed by atoms with Gasteiger partial charge in [0.05, 0.1) is 0 Å². The first-order chi connectivity index (χ1) is 6.91. The summed E-state index contributed by atoms with van der Waals surface area (Å²) in [4.78, 5) is 10.9. The predicted octanol–water partition coefficient (Wildman–Crippen LogP) is 1.89. The van der Waals surface area contributed by atoms with E-state index in [1.165, 1.54) is 6.07 Å². The normalized spacial score (nSPS) is 14.9. The highest BCUT2D eigenvalue weighted by Crippen LogP contribution is 2.20. The molecule has 2 atom stereocenters. The molecule has 6 heteroatoms. The number of halogens is 1. The highest BCUT2D eigenvalue weighted by Gasteiger charge is 2.16. The number of aromatic carboxylic acids is 1. The smallest absolute Gasteiger partial charge is 0.352 e. The number of hydrogen-bond donors (Lipinski definition) is 1. The molecule has 1 N–H and O–H groups in total. The SMILES string of the molecule is CC(CS(C)=O)n1cc(Br)cc1C(=O)O. The van der Waals surface area contributed by atoms with Gasteiger partial charge in [0, 0.05) is 39.5 Å². The number of carboxylic acid groups (broad SMARTS) is 1. The molecule has 0 aliphatic rings. The van der Waals surface area contributed by atoms with Crippen LogP contribution in [-0.2, 0) is 10.8 Å². The third kappa shape index (κ3) is 3.17. The van der Waals surface area contributed by atoms with Crippen molar-refractivity contribution in [1.29, 1.82) is 0 Å². The minimum Gasteiger partial charge on any atom is -0.477 e. The third-order valence-corrected chi connectivity index (χ3v) is 3.37. The minimum atomic E-state index is -0.977. The molecule has 0 saturated heterocycles. The van der Waals surface area contributed by atoms with Gasteiger partial charge in [-0.05, 0) is 28.9 Å². The lowest BCUT2D eigenvalue weighted by atomic mass is 10.3. The zero-order chi connectivity index (χ0) is 11.6. The first-order valence-electron chi connectivity index (χ1n) is 4.32. The van der Waals surface area contributed by atoms with Crippen molar-refractivity contribution in [3.8, 4) is 0 Å². The second kappa shape index (κ2) is 4.94. The lowest BCUT2D eigenvalue weighted by Crippen LogP contribution is -2.16. The van der Waals surface area contributed by atoms with Crippen LogP contribution in [0.2, 0.25) is 0 Å². The van der Waals surface area contributed by atoms with E-state index in [1.54, 1.807) is 17.0 Å². The molecular weight excluding hydrogens is 282 g/mol. The highest BCUT2D eigenvalue weighted by molar-refractivity contribution is 9.10. The van der Waals surface area contributed by atoms with E-state index >= 15 is 0 Å². The molecule has 1 aromatic heterocycles. The van der Waals surface area contributed by atoms with Crippen LogP contribution >= 0.6 is 15.9 Å². The molecule has 0 radical (unpaired) electrons. The second-order valence-electron chi connectivity index (χ2n) is 3.34. The van der Waals surface area contributed by atoms with E-state index in [-0.39, 0.29) is 11.7 Å². The standard InChI is InChI=1S/C9H12BrNO3S/c1-6(5-15(2)14)11-4-7(10)3-8(11)9(12)13/h3-4,6H,5H2,1-2H3,(H,12,13). The first-order valence-corrected chi connectivity index (χ1v) is 6.84. The van der Waals surface area contributed by atoms with Crippen LogP contribution in [0, 0.1) is 0 Å². The molecule has 0 aliphatic carbocycles. The Labute approximate surface area is 98.9 Å². The largest absolute Gasteiger partial charge is 0.477 e. The van der Waals surface area contributed by atoms with Crippen LogP contribution in [0.4, 0.5) is 0 Å². The van der Waals surface area contributed by atoms with E-state index in [2.05, 4.69) is 15.9 Å². The third-order valence-electron chi connectivity index (χ3n) is 1.99. The highest BCUT2D eigenvalue weighted by atomic mass is 79.9. The molecule has 4 nitrogen and oxygen atoms in total. The van der Waals surface area contributed by atoms with Gasteiger partial charge in [-0.15, -0.1) is 0 Å². The molecule has 0 bridgehead atoms. The van der Waals surface area contributed by atoms with Gasteiger partial charge in [-0.3, -0.25) is 4.21 Å². The van der Waals surface area contributed by atoms with Gasteiger partial charge in [-0.25, -0.2) is 4.79 Å². The molecule has 1 aromatic rings. The lowest BCUT2D eigenvalue weighted by Gasteiger charge is -2.14. The second-order valence-corrected chi connectivity index (χ2v) is 5.74. The van der Waals surface area contributed by atoms with Crippen LogP contribution in [0.15, 0.2) is 16.7 Å². The van der Waals surface area contributed by atoms with Crippen LogP contribution in [0.1, 0.15) is 23.5 Å². The molecule has 0 spiro atoms. The Bertz CT molecular complexity index is 402. The van der Waals surface area contributed by atoms with Crippen molar-refractivity contribution in [2.24, 2.45) is 0 Å². The molecule has 0 fully saturated rings. The van der Waals surface area contributed by atoms with E-state index in [4.69, 9.17) is 5.11 Å². The molecule has 84 valence electrons. The zero-order valence-corrected chi connectivity index (χ0v) is 10.8. The number of carboxylic acids is 1. The van der Waals surface area contributed by atoms with Gasteiger partial charge < -0.3 is 9.67 Å². The van der Waals surface area contributed by atoms with E-state index < -0.39 is 16.8 Å². The van der Waals surface area contributed by atoms with Gasteiger partial charge >= 0.3 is 5.97 Å². The summed E-state index contributed by atoms with van der Waals surface area (Å²) in [5.41, 5.74) is 0.208. The van der Waals surface area contributed by atoms with Gasteiger partial charge in [-0.1, -0.05) is 0 Å². The van der Waals surface area contributed by atoms with Crippen molar-refractivity contribution >= 4 is 32.7 Å². The maximum atomic E-state index is 11.1. The summed E-state index contributed by atoms with van der Waals surface area (Å²) >= 11 is 3.23. The Hall–Kier alpha value is -0.620. The first kappa shape index (κ1) is 12.4. The van der Waals surface area contributed by atoms with E-state index in [9.17, 15) is 9.00 Å². The molecule has 15 heavy (non-hydrogen) atoms. The van der Waals surface area contributed by atoms with Gasteiger partial charge in [0.1, 0.15) is 5.69 Å². The Morgan fingerprint density at radius 2 is 2.33 bits per heavy atom. The van der Waals surface area contributed by atoms with Crippen LogP contribution in [0.5, 0.6) is 0 Å². The van der Waals surface area contributed by atoms with Gasteiger partial charge in [0.2, 0.25) is 0 Å². The van der Waals surface area contributed by atoms with Gasteiger partial charge in [0.25, 0.3) is 0 Å². The Kier molecular flexibility index (Phi) is 4.10. The Morgan fingerprint density at radius 1 is 1.73 bits per heavy atom. The summed E-state index contributed by atoms with van der Waals surface area (Å²) in [6, 6.07) is 1.45. The van der Waals surface area contributed by atoms with E-state index in [0.29, 0.717) is 10.2 Å². The fraction of sp³-hybridized carbons (Fsp3) is 0.444. The average molecular weight is 294 g/mol. The Balaban J connectivity index is 3.01. The topological polar surface area (TPSA) is 59.3 Å². The summed E-state index contributed by atoms with van der Waals surface area (Å²) in [6.45, 7) is 1.85. The zero-order valence-electron chi connectivity index (χ0n) is 8.44. The maximum absolute atomic E-state index is 11.1. The van der Waals surface area contributed by atoms with Crippen molar-refractivity contribution < 1.29 is 14.1 Å². The summed E-state index contributed by atoms with van der Waals surface area (Å²) < 4.78 is 13.4. The van der Waals surface area contributed by atoms with Gasteiger partial charge in [0.15, 0.2) is 0 Å². The van der Waals surface area contributed by atoms with Crippen LogP contribution < -0.4 is 0 Å². The molecule has 0 aliphatic heterocycles. The number of nitrogens with zero attached hydrogens (tertiary/aromatic N) is 1. The number of hydrogen-bond acceptors (Lipinski definition) is 2. The molecule has 1 heterocycles. The summed E-state index contributed by atoms with van der Waals surface area (Å²) in [5.74, 6) is -0.532. The summed E-state index contributed by atoms with van der Waals surface area (Å²) in [6.07, 6.45) is 3.30. The fourth-order valence-electron chi connectivity index (χ4n) is 1.40. The lowest BCUT2D eigenvalue weighted by molar-refractivity contribution is 0.0683. The predicted molar refractivity (Wildman–Crippen MR) is 62.7 cm³/mol. The van der Waals surface area contributed by atoms with Crippen molar-refractivity contribution in [2.75, 3.05) is 12.0 Å².